The topological polar surface area (TPSA) is 56.1 Å². The molecule has 0 atom stereocenters. The molecule has 0 saturated carbocycles. The van der Waals surface area contributed by atoms with Gasteiger partial charge in [0.15, 0.2) is 0 Å². The molecule has 5 nitrogen and oxygen atoms in total. The van der Waals surface area contributed by atoms with Crippen LogP contribution >= 0.6 is 0 Å². The molecule has 0 amide bonds. The van der Waals surface area contributed by atoms with Crippen LogP contribution in [0.2, 0.25) is 0 Å². The highest BCUT2D eigenvalue weighted by atomic mass is 16.5. The maximum atomic E-state index is 11.7. The first-order valence-electron chi connectivity index (χ1n) is 5.68. The molecule has 90 valence electrons. The number of nitrogens with one attached hydrogen (secondary N) is 1. The second-order valence-electron chi connectivity index (χ2n) is 3.42. The number of aryl methyl sites for hydroxylation is 1. The maximum absolute atomic E-state index is 11.7. The van der Waals surface area contributed by atoms with Crippen LogP contribution < -0.4 is 15.6 Å². The van der Waals surface area contributed by atoms with Crippen LogP contribution in [-0.2, 0) is 6.54 Å². The highest BCUT2D eigenvalue weighted by Crippen LogP contribution is 1.95. The van der Waals surface area contributed by atoms with Crippen LogP contribution in [-0.4, -0.2) is 29.2 Å². The van der Waals surface area contributed by atoms with Crippen LogP contribution in [0.25, 0.3) is 0 Å². The SMILES string of the molecule is CCCNCCOc1nccn(CC)c1=O. The summed E-state index contributed by atoms with van der Waals surface area (Å²) in [4.78, 5) is 15.6. The zero-order valence-electron chi connectivity index (χ0n) is 9.90. The minimum atomic E-state index is -0.166. The average Bonchev–Trinajstić information content (AvgIpc) is 2.31. The van der Waals surface area contributed by atoms with E-state index in [2.05, 4.69) is 17.2 Å². The molecule has 1 rings (SSSR count). The molecule has 5 heteroatoms. The van der Waals surface area contributed by atoms with Gasteiger partial charge >= 0.3 is 5.56 Å². The third-order valence-corrected chi connectivity index (χ3v) is 2.17. The molecule has 1 heterocycles. The van der Waals surface area contributed by atoms with Crippen molar-refractivity contribution in [3.8, 4) is 5.88 Å². The number of nitrogens with zero attached hydrogens (tertiary/aromatic N) is 2. The monoisotopic (exact) mass is 225 g/mol. The number of hydrogen-bond acceptors (Lipinski definition) is 4. The summed E-state index contributed by atoms with van der Waals surface area (Å²) in [6.45, 7) is 6.81. The van der Waals surface area contributed by atoms with Gasteiger partial charge in [0.05, 0.1) is 0 Å². The van der Waals surface area contributed by atoms with Gasteiger partial charge in [-0.25, -0.2) is 4.98 Å². The van der Waals surface area contributed by atoms with E-state index in [0.29, 0.717) is 13.2 Å². The summed E-state index contributed by atoms with van der Waals surface area (Å²) in [5, 5.41) is 3.19. The van der Waals surface area contributed by atoms with Gasteiger partial charge in [-0.05, 0) is 19.9 Å². The lowest BCUT2D eigenvalue weighted by Crippen LogP contribution is -2.26. The Morgan fingerprint density at radius 1 is 1.44 bits per heavy atom. The van der Waals surface area contributed by atoms with Crippen molar-refractivity contribution in [1.82, 2.24) is 14.9 Å². The second kappa shape index (κ2) is 7.00. The molecule has 0 aliphatic carbocycles. The van der Waals surface area contributed by atoms with Crippen molar-refractivity contribution in [2.24, 2.45) is 0 Å². The molecule has 0 saturated heterocycles. The van der Waals surface area contributed by atoms with Gasteiger partial charge in [-0.3, -0.25) is 4.79 Å². The lowest BCUT2D eigenvalue weighted by Gasteiger charge is -2.07. The minimum absolute atomic E-state index is 0.166. The average molecular weight is 225 g/mol. The normalized spacial score (nSPS) is 10.4. The van der Waals surface area contributed by atoms with Crippen molar-refractivity contribution >= 4 is 0 Å². The summed E-state index contributed by atoms with van der Waals surface area (Å²) >= 11 is 0. The largest absolute Gasteiger partial charge is 0.472 e. The quantitative estimate of drug-likeness (QED) is 0.692. The fourth-order valence-electron chi connectivity index (χ4n) is 1.30. The third-order valence-electron chi connectivity index (χ3n) is 2.17. The van der Waals surface area contributed by atoms with E-state index in [0.717, 1.165) is 19.5 Å². The lowest BCUT2D eigenvalue weighted by atomic mass is 10.5. The van der Waals surface area contributed by atoms with Crippen LogP contribution in [0, 0.1) is 0 Å². The van der Waals surface area contributed by atoms with Crippen molar-refractivity contribution in [1.29, 1.82) is 0 Å². The Hall–Kier alpha value is -1.36. The Labute approximate surface area is 95.5 Å². The molecule has 0 radical (unpaired) electrons. The van der Waals surface area contributed by atoms with Gasteiger partial charge in [0.2, 0.25) is 0 Å². The summed E-state index contributed by atoms with van der Waals surface area (Å²) in [6.07, 6.45) is 4.33. The van der Waals surface area contributed by atoms with Gasteiger partial charge in [-0.15, -0.1) is 0 Å². The summed E-state index contributed by atoms with van der Waals surface area (Å²) in [5.74, 6) is 0.183. The van der Waals surface area contributed by atoms with Gasteiger partial charge in [0.25, 0.3) is 5.88 Å². The summed E-state index contributed by atoms with van der Waals surface area (Å²) in [6, 6.07) is 0. The Balaban J connectivity index is 2.45. The van der Waals surface area contributed by atoms with E-state index in [9.17, 15) is 4.79 Å². The molecule has 0 aromatic carbocycles. The van der Waals surface area contributed by atoms with E-state index in [-0.39, 0.29) is 11.4 Å². The predicted molar refractivity (Wildman–Crippen MR) is 62.8 cm³/mol. The van der Waals surface area contributed by atoms with E-state index in [4.69, 9.17) is 4.74 Å². The first kappa shape index (κ1) is 12.7. The fourth-order valence-corrected chi connectivity index (χ4v) is 1.30. The van der Waals surface area contributed by atoms with Crippen molar-refractivity contribution in [2.75, 3.05) is 19.7 Å². The standard InChI is InChI=1S/C11H19N3O2/c1-3-5-12-7-9-16-10-11(15)14(4-2)8-6-13-10/h6,8,12H,3-5,7,9H2,1-2H3. The first-order valence-corrected chi connectivity index (χ1v) is 5.68. The van der Waals surface area contributed by atoms with E-state index < -0.39 is 0 Å². The first-order chi connectivity index (χ1) is 7.79. The Kier molecular flexibility index (Phi) is 5.56. The van der Waals surface area contributed by atoms with Crippen molar-refractivity contribution in [3.05, 3.63) is 22.7 Å². The van der Waals surface area contributed by atoms with E-state index >= 15 is 0 Å². The van der Waals surface area contributed by atoms with E-state index in [1.807, 2.05) is 6.92 Å². The van der Waals surface area contributed by atoms with Gasteiger partial charge in [-0.2, -0.15) is 0 Å². The number of rotatable bonds is 7. The van der Waals surface area contributed by atoms with Gasteiger partial charge in [0.1, 0.15) is 6.61 Å². The van der Waals surface area contributed by atoms with Gasteiger partial charge in [0, 0.05) is 25.5 Å². The highest BCUT2D eigenvalue weighted by molar-refractivity contribution is 5.04. The molecule has 0 unspecified atom stereocenters. The molecule has 0 fully saturated rings. The van der Waals surface area contributed by atoms with Crippen LogP contribution in [0.3, 0.4) is 0 Å². The Morgan fingerprint density at radius 3 is 2.94 bits per heavy atom. The van der Waals surface area contributed by atoms with Gasteiger partial charge < -0.3 is 14.6 Å². The summed E-state index contributed by atoms with van der Waals surface area (Å²) < 4.78 is 6.89. The summed E-state index contributed by atoms with van der Waals surface area (Å²) in [7, 11) is 0. The lowest BCUT2D eigenvalue weighted by molar-refractivity contribution is 0.295. The van der Waals surface area contributed by atoms with Crippen LogP contribution in [0.5, 0.6) is 5.88 Å². The molecular weight excluding hydrogens is 206 g/mol. The number of ether oxygens (including phenoxy) is 1. The van der Waals surface area contributed by atoms with Crippen molar-refractivity contribution in [3.63, 3.8) is 0 Å². The predicted octanol–water partition coefficient (Wildman–Crippen LogP) is 0.642. The molecule has 0 aliphatic heterocycles. The third kappa shape index (κ3) is 3.66. The minimum Gasteiger partial charge on any atom is -0.472 e. The van der Waals surface area contributed by atoms with E-state index in [1.54, 1.807) is 17.0 Å². The van der Waals surface area contributed by atoms with Crippen molar-refractivity contribution < 1.29 is 4.74 Å². The van der Waals surface area contributed by atoms with Crippen LogP contribution in [0.4, 0.5) is 0 Å². The highest BCUT2D eigenvalue weighted by Gasteiger charge is 2.03. The zero-order chi connectivity index (χ0) is 11.8. The molecule has 1 aromatic rings. The summed E-state index contributed by atoms with van der Waals surface area (Å²) in [5.41, 5.74) is -0.166. The molecular formula is C11H19N3O2. The second-order valence-corrected chi connectivity index (χ2v) is 3.42. The molecule has 0 bridgehead atoms. The smallest absolute Gasteiger partial charge is 0.313 e. The molecule has 1 N–H and O–H groups in total. The zero-order valence-corrected chi connectivity index (χ0v) is 9.90. The maximum Gasteiger partial charge on any atom is 0.313 e. The molecule has 16 heavy (non-hydrogen) atoms. The molecule has 1 aromatic heterocycles. The van der Waals surface area contributed by atoms with Crippen LogP contribution in [0.15, 0.2) is 17.2 Å². The van der Waals surface area contributed by atoms with Crippen LogP contribution in [0.1, 0.15) is 20.3 Å². The molecule has 0 spiro atoms. The van der Waals surface area contributed by atoms with E-state index in [1.165, 1.54) is 0 Å². The molecule has 0 aliphatic rings. The number of hydrogen-bond donors (Lipinski definition) is 1. The van der Waals surface area contributed by atoms with Crippen molar-refractivity contribution in [2.45, 2.75) is 26.8 Å². The number of aromatic nitrogens is 2. The fraction of sp³-hybridized carbons (Fsp3) is 0.636. The Bertz CT molecular complexity index is 362. The van der Waals surface area contributed by atoms with Gasteiger partial charge in [-0.1, -0.05) is 6.92 Å². The Morgan fingerprint density at radius 2 is 2.25 bits per heavy atom.